The average molecular weight is 436 g/mol. The molecule has 0 saturated heterocycles. The number of likely N-dealkylation sites (N-methyl/N-ethyl adjacent to an activating group) is 1. The van der Waals surface area contributed by atoms with Gasteiger partial charge in [0.2, 0.25) is 0 Å². The largest absolute Gasteiger partial charge is 0.377 e. The van der Waals surface area contributed by atoms with Crippen LogP contribution in [0.3, 0.4) is 0 Å². The Bertz CT molecular complexity index is 1170. The van der Waals surface area contributed by atoms with Crippen molar-refractivity contribution in [2.45, 2.75) is 26.2 Å². The number of para-hydroxylation sites is 1. The molecule has 0 spiro atoms. The van der Waals surface area contributed by atoms with Crippen molar-refractivity contribution >= 4 is 17.3 Å². The van der Waals surface area contributed by atoms with Crippen LogP contribution < -0.4 is 4.90 Å². The lowest BCUT2D eigenvalue weighted by Crippen LogP contribution is -2.26. The van der Waals surface area contributed by atoms with E-state index in [2.05, 4.69) is 130 Å². The number of nitrogens with zero attached hydrogens (tertiary/aromatic N) is 1. The summed E-state index contributed by atoms with van der Waals surface area (Å²) in [7, 11) is 2.18. The molecule has 1 heterocycles. The Balaban J connectivity index is 1.90. The fourth-order valence-electron chi connectivity index (χ4n) is 4.83. The van der Waals surface area contributed by atoms with Crippen molar-refractivity contribution in [1.29, 1.82) is 0 Å². The summed E-state index contributed by atoms with van der Waals surface area (Å²) in [4.78, 5) is 2.35. The van der Waals surface area contributed by atoms with E-state index < -0.39 is 0 Å². The van der Waals surface area contributed by atoms with Gasteiger partial charge in [-0.1, -0.05) is 111 Å². The Morgan fingerprint density at radius 2 is 1.52 bits per heavy atom. The van der Waals surface area contributed by atoms with Crippen LogP contribution in [0.5, 0.6) is 0 Å². The first kappa shape index (κ1) is 22.8. The van der Waals surface area contributed by atoms with E-state index >= 15 is 0 Å². The van der Waals surface area contributed by atoms with Crippen molar-refractivity contribution < 1.29 is 4.74 Å². The van der Waals surface area contributed by atoms with E-state index in [9.17, 15) is 0 Å². The summed E-state index contributed by atoms with van der Waals surface area (Å²) in [6, 6.07) is 29.8. The molecule has 168 valence electrons. The van der Waals surface area contributed by atoms with E-state index in [1.807, 2.05) is 6.07 Å². The zero-order valence-corrected chi connectivity index (χ0v) is 20.1. The van der Waals surface area contributed by atoms with E-state index in [0.717, 1.165) is 0 Å². The topological polar surface area (TPSA) is 12.5 Å². The quantitative estimate of drug-likeness (QED) is 0.356. The SMILES string of the molecule is CCOCC(/C(=C/C=C/c1ccccc1)c1ccccc1)=C1/N(C)c2ccccc2C1(C)C. The minimum Gasteiger partial charge on any atom is -0.377 e. The Morgan fingerprint density at radius 3 is 2.18 bits per heavy atom. The number of ether oxygens (including phenoxy) is 1. The van der Waals surface area contributed by atoms with Gasteiger partial charge in [0.25, 0.3) is 0 Å². The van der Waals surface area contributed by atoms with Gasteiger partial charge < -0.3 is 9.64 Å². The van der Waals surface area contributed by atoms with Crippen molar-refractivity contribution in [1.82, 2.24) is 0 Å². The van der Waals surface area contributed by atoms with Crippen LogP contribution in [-0.2, 0) is 10.2 Å². The summed E-state index contributed by atoms with van der Waals surface area (Å²) >= 11 is 0. The first-order valence-electron chi connectivity index (χ1n) is 11.7. The molecule has 0 atom stereocenters. The second-order valence-corrected chi connectivity index (χ2v) is 8.88. The summed E-state index contributed by atoms with van der Waals surface area (Å²) in [5.74, 6) is 0. The van der Waals surface area contributed by atoms with Crippen LogP contribution in [0.15, 0.2) is 108 Å². The predicted molar refractivity (Wildman–Crippen MR) is 141 cm³/mol. The highest BCUT2D eigenvalue weighted by molar-refractivity contribution is 5.85. The molecule has 0 aliphatic carbocycles. The summed E-state index contributed by atoms with van der Waals surface area (Å²) in [6.07, 6.45) is 6.54. The second kappa shape index (κ2) is 10.1. The predicted octanol–water partition coefficient (Wildman–Crippen LogP) is 7.50. The maximum atomic E-state index is 6.07. The van der Waals surface area contributed by atoms with Gasteiger partial charge in [-0.2, -0.15) is 0 Å². The lowest BCUT2D eigenvalue weighted by molar-refractivity contribution is 0.172. The number of rotatable bonds is 7. The minimum atomic E-state index is -0.130. The average Bonchev–Trinajstić information content (AvgIpc) is 3.05. The summed E-state index contributed by atoms with van der Waals surface area (Å²) in [6.45, 7) is 7.93. The number of hydrogen-bond acceptors (Lipinski definition) is 2. The normalized spacial score (nSPS) is 16.8. The van der Waals surface area contributed by atoms with Crippen LogP contribution in [0.25, 0.3) is 11.6 Å². The third kappa shape index (κ3) is 4.72. The fraction of sp³-hybridized carbons (Fsp3) is 0.226. The van der Waals surface area contributed by atoms with Crippen molar-refractivity contribution in [3.63, 3.8) is 0 Å². The second-order valence-electron chi connectivity index (χ2n) is 8.88. The minimum absolute atomic E-state index is 0.130. The van der Waals surface area contributed by atoms with Gasteiger partial charge >= 0.3 is 0 Å². The molecule has 3 aromatic carbocycles. The molecule has 33 heavy (non-hydrogen) atoms. The number of allylic oxidation sites excluding steroid dienone is 3. The van der Waals surface area contributed by atoms with Crippen molar-refractivity contribution in [3.8, 4) is 0 Å². The molecule has 0 fully saturated rings. The fourth-order valence-corrected chi connectivity index (χ4v) is 4.83. The molecule has 4 rings (SSSR count). The van der Waals surface area contributed by atoms with Crippen LogP contribution in [-0.4, -0.2) is 20.3 Å². The van der Waals surface area contributed by atoms with E-state index in [-0.39, 0.29) is 5.41 Å². The lowest BCUT2D eigenvalue weighted by atomic mass is 9.80. The zero-order chi connectivity index (χ0) is 23.3. The van der Waals surface area contributed by atoms with E-state index in [0.29, 0.717) is 13.2 Å². The molecule has 1 aliphatic heterocycles. The smallest absolute Gasteiger partial charge is 0.0740 e. The van der Waals surface area contributed by atoms with Crippen LogP contribution in [0.4, 0.5) is 5.69 Å². The summed E-state index contributed by atoms with van der Waals surface area (Å²) in [5.41, 5.74) is 8.57. The van der Waals surface area contributed by atoms with Crippen LogP contribution >= 0.6 is 0 Å². The van der Waals surface area contributed by atoms with Gasteiger partial charge in [0, 0.05) is 36.0 Å². The molecule has 3 aromatic rings. The monoisotopic (exact) mass is 435 g/mol. The highest BCUT2D eigenvalue weighted by Gasteiger charge is 2.40. The maximum Gasteiger partial charge on any atom is 0.0740 e. The van der Waals surface area contributed by atoms with E-state index in [1.165, 1.54) is 39.2 Å². The third-order valence-electron chi connectivity index (χ3n) is 6.36. The van der Waals surface area contributed by atoms with E-state index in [4.69, 9.17) is 4.74 Å². The summed E-state index contributed by atoms with van der Waals surface area (Å²) < 4.78 is 6.07. The van der Waals surface area contributed by atoms with Crippen LogP contribution in [0.1, 0.15) is 37.5 Å². The maximum absolute atomic E-state index is 6.07. The Kier molecular flexibility index (Phi) is 6.96. The Labute approximate surface area is 198 Å². The van der Waals surface area contributed by atoms with Crippen molar-refractivity contribution in [3.05, 3.63) is 125 Å². The molecule has 0 saturated carbocycles. The van der Waals surface area contributed by atoms with Crippen molar-refractivity contribution in [2.24, 2.45) is 0 Å². The molecule has 0 amide bonds. The highest BCUT2D eigenvalue weighted by atomic mass is 16.5. The molecule has 0 bridgehead atoms. The molecule has 0 unspecified atom stereocenters. The third-order valence-corrected chi connectivity index (χ3v) is 6.36. The lowest BCUT2D eigenvalue weighted by Gasteiger charge is -2.29. The number of fused-ring (bicyclic) bond motifs is 1. The molecular formula is C31H33NO. The van der Waals surface area contributed by atoms with Crippen molar-refractivity contribution in [2.75, 3.05) is 25.2 Å². The Hall–Kier alpha value is -3.36. The molecule has 2 nitrogen and oxygen atoms in total. The van der Waals surface area contributed by atoms with Gasteiger partial charge in [-0.05, 0) is 35.3 Å². The van der Waals surface area contributed by atoms with Crippen LogP contribution in [0.2, 0.25) is 0 Å². The molecule has 0 radical (unpaired) electrons. The Morgan fingerprint density at radius 1 is 0.879 bits per heavy atom. The molecular weight excluding hydrogens is 402 g/mol. The van der Waals surface area contributed by atoms with Crippen LogP contribution in [0, 0.1) is 0 Å². The number of anilines is 1. The zero-order valence-electron chi connectivity index (χ0n) is 20.1. The number of benzene rings is 3. The molecule has 1 aliphatic rings. The first-order chi connectivity index (χ1) is 16.0. The molecule has 2 heteroatoms. The van der Waals surface area contributed by atoms with Gasteiger partial charge in [0.1, 0.15) is 0 Å². The standard InChI is InChI=1S/C31H33NO/c1-5-33-23-27(30-31(2,3)28-21-12-13-22-29(28)32(30)4)26(25-18-10-7-11-19-25)20-14-17-24-15-8-6-9-16-24/h6-22H,5,23H2,1-4H3/b17-14+,26-20+,30-27-. The molecule has 0 aromatic heterocycles. The van der Waals surface area contributed by atoms with Gasteiger partial charge in [-0.15, -0.1) is 0 Å². The first-order valence-corrected chi connectivity index (χ1v) is 11.7. The van der Waals surface area contributed by atoms with Gasteiger partial charge in [0.15, 0.2) is 0 Å². The van der Waals surface area contributed by atoms with Gasteiger partial charge in [0.05, 0.1) is 6.61 Å². The molecule has 0 N–H and O–H groups in total. The highest BCUT2D eigenvalue weighted by Crippen LogP contribution is 2.49. The van der Waals surface area contributed by atoms with Gasteiger partial charge in [-0.25, -0.2) is 0 Å². The van der Waals surface area contributed by atoms with E-state index in [1.54, 1.807) is 0 Å². The summed E-state index contributed by atoms with van der Waals surface area (Å²) in [5, 5.41) is 0. The van der Waals surface area contributed by atoms with Gasteiger partial charge in [-0.3, -0.25) is 0 Å². The number of hydrogen-bond donors (Lipinski definition) is 0.